The Morgan fingerprint density at radius 1 is 1.36 bits per heavy atom. The Balaban J connectivity index is 1.69. The molecule has 14 heavy (non-hydrogen) atoms. The summed E-state index contributed by atoms with van der Waals surface area (Å²) in [5.74, 6) is 0. The molecule has 0 aromatic heterocycles. The van der Waals surface area contributed by atoms with E-state index in [-0.39, 0.29) is 0 Å². The van der Waals surface area contributed by atoms with Crippen LogP contribution >= 0.6 is 0 Å². The number of rotatable bonds is 4. The van der Waals surface area contributed by atoms with E-state index >= 15 is 0 Å². The van der Waals surface area contributed by atoms with Crippen LogP contribution in [0, 0.1) is 0 Å². The molecule has 0 spiro atoms. The van der Waals surface area contributed by atoms with Gasteiger partial charge in [0, 0.05) is 25.7 Å². The fourth-order valence-corrected chi connectivity index (χ4v) is 2.77. The number of hydrogen-bond donors (Lipinski definition) is 1. The molecular formula is C11H22N2O. The second kappa shape index (κ2) is 5.10. The molecule has 0 radical (unpaired) electrons. The Morgan fingerprint density at radius 2 is 2.29 bits per heavy atom. The maximum Gasteiger partial charge on any atom is 0.0587 e. The lowest BCUT2D eigenvalue weighted by Gasteiger charge is -2.35. The number of ether oxygens (including phenoxy) is 1. The molecule has 2 fully saturated rings. The molecular weight excluding hydrogens is 176 g/mol. The molecule has 2 rings (SSSR count). The summed E-state index contributed by atoms with van der Waals surface area (Å²) in [6.45, 7) is 4.49. The summed E-state index contributed by atoms with van der Waals surface area (Å²) >= 11 is 0. The van der Waals surface area contributed by atoms with Gasteiger partial charge in [0.1, 0.15) is 0 Å². The van der Waals surface area contributed by atoms with E-state index in [2.05, 4.69) is 10.2 Å². The van der Waals surface area contributed by atoms with E-state index in [9.17, 15) is 0 Å². The molecule has 0 bridgehead atoms. The minimum absolute atomic E-state index is 0.740. The third kappa shape index (κ3) is 2.47. The first-order valence-electron chi connectivity index (χ1n) is 5.86. The van der Waals surface area contributed by atoms with Gasteiger partial charge in [-0.1, -0.05) is 0 Å². The average Bonchev–Trinajstić information content (AvgIpc) is 2.65. The lowest BCUT2D eigenvalue weighted by molar-refractivity contribution is 0.153. The van der Waals surface area contributed by atoms with Gasteiger partial charge in [0.05, 0.1) is 6.61 Å². The van der Waals surface area contributed by atoms with Crippen molar-refractivity contribution in [1.29, 1.82) is 0 Å². The van der Waals surface area contributed by atoms with Gasteiger partial charge in [-0.25, -0.2) is 0 Å². The first kappa shape index (κ1) is 10.4. The quantitative estimate of drug-likeness (QED) is 0.678. The second-order valence-corrected chi connectivity index (χ2v) is 4.50. The van der Waals surface area contributed by atoms with Gasteiger partial charge < -0.3 is 15.0 Å². The highest BCUT2D eigenvalue weighted by molar-refractivity contribution is 4.88. The minimum Gasteiger partial charge on any atom is -0.383 e. The largest absolute Gasteiger partial charge is 0.383 e. The third-order valence-corrected chi connectivity index (χ3v) is 3.56. The van der Waals surface area contributed by atoms with Crippen molar-refractivity contribution in [3.05, 3.63) is 0 Å². The zero-order valence-corrected chi connectivity index (χ0v) is 9.17. The molecule has 2 aliphatic heterocycles. The van der Waals surface area contributed by atoms with E-state index in [1.165, 1.54) is 38.8 Å². The maximum atomic E-state index is 5.05. The normalized spacial score (nSPS) is 33.2. The molecule has 0 aliphatic carbocycles. The zero-order valence-electron chi connectivity index (χ0n) is 9.17. The lowest BCUT2D eigenvalue weighted by atomic mass is 9.98. The fraction of sp³-hybridized carbons (Fsp3) is 1.00. The van der Waals surface area contributed by atoms with Crippen molar-refractivity contribution in [2.75, 3.05) is 33.4 Å². The second-order valence-electron chi connectivity index (χ2n) is 4.50. The fourth-order valence-electron chi connectivity index (χ4n) is 2.77. The van der Waals surface area contributed by atoms with Gasteiger partial charge in [-0.2, -0.15) is 0 Å². The van der Waals surface area contributed by atoms with E-state index < -0.39 is 0 Å². The topological polar surface area (TPSA) is 24.5 Å². The first-order chi connectivity index (χ1) is 6.90. The van der Waals surface area contributed by atoms with E-state index in [1.807, 2.05) is 0 Å². The van der Waals surface area contributed by atoms with Gasteiger partial charge in [0.15, 0.2) is 0 Å². The van der Waals surface area contributed by atoms with Crippen molar-refractivity contribution in [1.82, 2.24) is 10.2 Å². The summed E-state index contributed by atoms with van der Waals surface area (Å²) in [6, 6.07) is 1.62. The highest BCUT2D eigenvalue weighted by Crippen LogP contribution is 2.26. The molecule has 0 aromatic rings. The van der Waals surface area contributed by atoms with Crippen molar-refractivity contribution >= 4 is 0 Å². The van der Waals surface area contributed by atoms with Crippen LogP contribution in [0.5, 0.6) is 0 Å². The molecule has 82 valence electrons. The smallest absolute Gasteiger partial charge is 0.0587 e. The van der Waals surface area contributed by atoms with Crippen LogP contribution in [0.15, 0.2) is 0 Å². The highest BCUT2D eigenvalue weighted by atomic mass is 16.5. The van der Waals surface area contributed by atoms with Crippen molar-refractivity contribution in [3.8, 4) is 0 Å². The summed E-state index contributed by atoms with van der Waals surface area (Å²) < 4.78 is 5.05. The number of nitrogens with one attached hydrogen (secondary N) is 1. The van der Waals surface area contributed by atoms with Gasteiger partial charge in [-0.15, -0.1) is 0 Å². The van der Waals surface area contributed by atoms with Crippen LogP contribution in [0.1, 0.15) is 25.7 Å². The van der Waals surface area contributed by atoms with Crippen molar-refractivity contribution in [2.45, 2.75) is 37.8 Å². The Labute approximate surface area is 86.8 Å². The van der Waals surface area contributed by atoms with Gasteiger partial charge >= 0.3 is 0 Å². The summed E-state index contributed by atoms with van der Waals surface area (Å²) in [6.07, 6.45) is 5.50. The van der Waals surface area contributed by atoms with Crippen LogP contribution in [0.2, 0.25) is 0 Å². The van der Waals surface area contributed by atoms with Gasteiger partial charge in [0.2, 0.25) is 0 Å². The molecule has 2 unspecified atom stereocenters. The molecule has 0 saturated carbocycles. The van der Waals surface area contributed by atoms with E-state index in [0.717, 1.165) is 25.2 Å². The van der Waals surface area contributed by atoms with Crippen LogP contribution in [0.25, 0.3) is 0 Å². The molecule has 0 aromatic carbocycles. The van der Waals surface area contributed by atoms with Gasteiger partial charge in [-0.3, -0.25) is 0 Å². The molecule has 0 amide bonds. The average molecular weight is 198 g/mol. The molecule has 2 heterocycles. The number of piperidine rings is 1. The van der Waals surface area contributed by atoms with Crippen molar-refractivity contribution < 1.29 is 4.74 Å². The number of fused-ring (bicyclic) bond motifs is 1. The van der Waals surface area contributed by atoms with Crippen LogP contribution < -0.4 is 5.32 Å². The standard InChI is InChI=1S/C11H22N2O/c1-14-8-5-12-10-4-7-13-6-2-3-11(13)9-10/h10-12H,2-9H2,1H3. The van der Waals surface area contributed by atoms with Gasteiger partial charge in [-0.05, 0) is 38.8 Å². The molecule has 2 aliphatic rings. The molecule has 3 nitrogen and oxygen atoms in total. The van der Waals surface area contributed by atoms with Crippen LogP contribution in [0.4, 0.5) is 0 Å². The summed E-state index contributed by atoms with van der Waals surface area (Å²) in [5.41, 5.74) is 0. The van der Waals surface area contributed by atoms with E-state index in [0.29, 0.717) is 0 Å². The van der Waals surface area contributed by atoms with Crippen LogP contribution in [-0.4, -0.2) is 50.3 Å². The molecule has 2 atom stereocenters. The van der Waals surface area contributed by atoms with Crippen LogP contribution in [-0.2, 0) is 4.74 Å². The summed E-state index contributed by atoms with van der Waals surface area (Å²) in [7, 11) is 1.77. The lowest BCUT2D eigenvalue weighted by Crippen LogP contribution is -2.46. The van der Waals surface area contributed by atoms with Crippen molar-refractivity contribution in [3.63, 3.8) is 0 Å². The predicted octanol–water partition coefficient (Wildman–Crippen LogP) is 0.849. The zero-order chi connectivity index (χ0) is 9.80. The monoisotopic (exact) mass is 198 g/mol. The Kier molecular flexibility index (Phi) is 3.79. The van der Waals surface area contributed by atoms with E-state index in [4.69, 9.17) is 4.74 Å². The Bertz CT molecular complexity index is 175. The number of nitrogens with zero attached hydrogens (tertiary/aromatic N) is 1. The number of methoxy groups -OCH3 is 1. The Morgan fingerprint density at radius 3 is 3.14 bits per heavy atom. The Hall–Kier alpha value is -0.120. The van der Waals surface area contributed by atoms with E-state index in [1.54, 1.807) is 7.11 Å². The van der Waals surface area contributed by atoms with Gasteiger partial charge in [0.25, 0.3) is 0 Å². The van der Waals surface area contributed by atoms with Crippen molar-refractivity contribution in [2.24, 2.45) is 0 Å². The summed E-state index contributed by atoms with van der Waals surface area (Å²) in [5, 5.41) is 3.58. The molecule has 3 heteroatoms. The first-order valence-corrected chi connectivity index (χ1v) is 5.86. The third-order valence-electron chi connectivity index (χ3n) is 3.56. The SMILES string of the molecule is COCCNC1CCN2CCCC2C1. The van der Waals surface area contributed by atoms with Crippen LogP contribution in [0.3, 0.4) is 0 Å². The highest BCUT2D eigenvalue weighted by Gasteiger charge is 2.31. The molecule has 1 N–H and O–H groups in total. The number of hydrogen-bond acceptors (Lipinski definition) is 3. The maximum absolute atomic E-state index is 5.05. The molecule has 2 saturated heterocycles. The predicted molar refractivity (Wildman–Crippen MR) is 57.5 cm³/mol. The summed E-state index contributed by atoms with van der Waals surface area (Å²) in [4.78, 5) is 2.66. The minimum atomic E-state index is 0.740.